The van der Waals surface area contributed by atoms with Gasteiger partial charge in [0.15, 0.2) is 24.6 Å². The molecule has 0 aromatic heterocycles. The second-order valence-corrected chi connectivity index (χ2v) is 20.9. The molecule has 1 aliphatic rings. The maximum Gasteiger partial charge on any atom is 0.335 e. The van der Waals surface area contributed by atoms with Gasteiger partial charge < -0.3 is 39.0 Å². The minimum Gasteiger partial charge on any atom is -0.479 e. The van der Waals surface area contributed by atoms with Crippen LogP contribution in [0.1, 0.15) is 239 Å². The van der Waals surface area contributed by atoms with Gasteiger partial charge in [0.25, 0.3) is 0 Å². The number of carboxylic acids is 1. The molecular formula is C69H110O12. The van der Waals surface area contributed by atoms with Gasteiger partial charge in [0.1, 0.15) is 18.8 Å². The number of carbonyl (C=O) groups is 4. The van der Waals surface area contributed by atoms with E-state index in [0.29, 0.717) is 19.3 Å². The van der Waals surface area contributed by atoms with Gasteiger partial charge in [0.05, 0.1) is 6.61 Å². The smallest absolute Gasteiger partial charge is 0.335 e. The highest BCUT2D eigenvalue weighted by Crippen LogP contribution is 2.26. The number of carbonyl (C=O) groups excluding carboxylic acids is 3. The molecule has 6 atom stereocenters. The maximum absolute atomic E-state index is 13.2. The summed E-state index contributed by atoms with van der Waals surface area (Å²) in [6.07, 6.45) is 64.4. The summed E-state index contributed by atoms with van der Waals surface area (Å²) in [4.78, 5) is 51.3. The van der Waals surface area contributed by atoms with Crippen LogP contribution in [-0.4, -0.2) is 89.2 Å². The third kappa shape index (κ3) is 45.3. The number of unbranched alkanes of at least 4 members (excludes halogenated alkanes) is 18. The Morgan fingerprint density at radius 1 is 0.420 bits per heavy atom. The summed E-state index contributed by atoms with van der Waals surface area (Å²) in [5, 5.41) is 31.6. The molecule has 0 aliphatic carbocycles. The first-order valence-electron chi connectivity index (χ1n) is 31.5. The molecule has 81 heavy (non-hydrogen) atoms. The monoisotopic (exact) mass is 1130 g/mol. The number of aliphatic hydroxyl groups is 2. The van der Waals surface area contributed by atoms with E-state index in [2.05, 4.69) is 142 Å². The molecule has 1 rings (SSSR count). The Labute approximate surface area is 490 Å². The summed E-state index contributed by atoms with van der Waals surface area (Å²) in [6, 6.07) is 0. The molecule has 1 fully saturated rings. The molecule has 12 heteroatoms. The van der Waals surface area contributed by atoms with Crippen molar-refractivity contribution < 1.29 is 58.2 Å². The number of carboxylic acid groups (broad SMARTS) is 1. The van der Waals surface area contributed by atoms with Gasteiger partial charge in [-0.15, -0.1) is 0 Å². The minimum absolute atomic E-state index is 0.0346. The molecule has 458 valence electrons. The van der Waals surface area contributed by atoms with Crippen LogP contribution in [0.3, 0.4) is 0 Å². The average molecular weight is 1130 g/mol. The molecule has 0 amide bonds. The summed E-state index contributed by atoms with van der Waals surface area (Å²) in [5.74, 6) is -3.21. The van der Waals surface area contributed by atoms with Crippen LogP contribution in [0.25, 0.3) is 0 Å². The van der Waals surface area contributed by atoms with Crippen LogP contribution in [0.5, 0.6) is 0 Å². The number of aliphatic hydroxyl groups excluding tert-OH is 2. The number of rotatable bonds is 52. The van der Waals surface area contributed by atoms with Crippen LogP contribution < -0.4 is 0 Å². The lowest BCUT2D eigenvalue weighted by Crippen LogP contribution is -2.61. The first-order valence-corrected chi connectivity index (χ1v) is 31.5. The number of esters is 3. The summed E-state index contributed by atoms with van der Waals surface area (Å²) in [5.41, 5.74) is 0. The first kappa shape index (κ1) is 74.1. The highest BCUT2D eigenvalue weighted by molar-refractivity contribution is 5.74. The summed E-state index contributed by atoms with van der Waals surface area (Å²) >= 11 is 0. The van der Waals surface area contributed by atoms with Crippen molar-refractivity contribution in [1.82, 2.24) is 0 Å². The second-order valence-electron chi connectivity index (χ2n) is 20.9. The molecule has 0 bridgehead atoms. The predicted octanol–water partition coefficient (Wildman–Crippen LogP) is 16.8. The molecule has 12 nitrogen and oxygen atoms in total. The van der Waals surface area contributed by atoms with Crippen molar-refractivity contribution in [2.75, 3.05) is 13.2 Å². The molecule has 0 saturated carbocycles. The topological polar surface area (TPSA) is 175 Å². The zero-order valence-electron chi connectivity index (χ0n) is 50.5. The highest BCUT2D eigenvalue weighted by Gasteiger charge is 2.50. The molecule has 0 aromatic rings. The molecule has 0 radical (unpaired) electrons. The van der Waals surface area contributed by atoms with E-state index in [1.54, 1.807) is 0 Å². The first-order chi connectivity index (χ1) is 39.6. The van der Waals surface area contributed by atoms with Gasteiger partial charge in [-0.3, -0.25) is 14.4 Å². The fourth-order valence-corrected chi connectivity index (χ4v) is 8.67. The maximum atomic E-state index is 13.2. The molecule has 0 spiro atoms. The van der Waals surface area contributed by atoms with Gasteiger partial charge >= 0.3 is 23.9 Å². The molecular weight excluding hydrogens is 1020 g/mol. The third-order valence-corrected chi connectivity index (χ3v) is 13.5. The van der Waals surface area contributed by atoms with Crippen molar-refractivity contribution in [3.63, 3.8) is 0 Å². The Kier molecular flexibility index (Phi) is 50.9. The zero-order valence-corrected chi connectivity index (χ0v) is 50.5. The number of allylic oxidation sites excluding steroid dienone is 20. The van der Waals surface area contributed by atoms with E-state index in [1.165, 1.54) is 19.3 Å². The van der Waals surface area contributed by atoms with Gasteiger partial charge in [-0.25, -0.2) is 4.79 Å². The zero-order chi connectivity index (χ0) is 58.9. The van der Waals surface area contributed by atoms with E-state index in [0.717, 1.165) is 161 Å². The van der Waals surface area contributed by atoms with Crippen molar-refractivity contribution in [3.8, 4) is 0 Å². The van der Waals surface area contributed by atoms with Crippen LogP contribution >= 0.6 is 0 Å². The minimum atomic E-state index is -1.92. The number of ether oxygens (including phenoxy) is 5. The van der Waals surface area contributed by atoms with Crippen molar-refractivity contribution in [3.05, 3.63) is 122 Å². The standard InChI is InChI=1S/C69H110O12/c1-4-7-10-13-16-19-22-25-27-29-31-33-35-38-40-43-46-49-52-55-61(70)77-58-60(79-62(71)56-53-50-47-44-41-37-24-21-18-15-12-9-6-3)59-78-69-67(65(74)64(73)66(81-69)68(75)76)80-63(72)57-54-51-48-45-42-39-36-34-32-30-28-26-23-20-17-14-11-8-5-2/h7,10,12,15-17,19-21,24-28,31-34,38,40,60,64-67,69,73-74H,4-6,8-9,11,13-14,18,22-23,29-30,35-37,39,41-59H2,1-3H3,(H,75,76)/b10-7-,15-12-,19-16-,20-17-,24-21-,27-25-,28-26-,33-31-,34-32-,40-38-. The Bertz CT molecular complexity index is 1870. The molecule has 0 aromatic carbocycles. The molecule has 1 aliphatic heterocycles. The lowest BCUT2D eigenvalue weighted by molar-refractivity contribution is -0.301. The quantitative estimate of drug-likeness (QED) is 0.0228. The van der Waals surface area contributed by atoms with E-state index < -0.39 is 67.3 Å². The summed E-state index contributed by atoms with van der Waals surface area (Å²) in [7, 11) is 0. The lowest BCUT2D eigenvalue weighted by atomic mass is 9.98. The SMILES string of the molecule is CC/C=C\C/C=C\C/C=C\C/C=C\C/C=C\CCCCCC(=O)OCC(COC1OC(C(=O)O)C(O)C(O)C1OC(=O)CCCCCCCC/C=C\C/C=C\C/C=C\CCCCC)OC(=O)CCCCCCC/C=C\C/C=C\CCC. The van der Waals surface area contributed by atoms with E-state index in [-0.39, 0.29) is 25.9 Å². The molecule has 3 N–H and O–H groups in total. The van der Waals surface area contributed by atoms with Gasteiger partial charge in [-0.05, 0) is 128 Å². The Balaban J connectivity index is 2.70. The third-order valence-electron chi connectivity index (χ3n) is 13.5. The van der Waals surface area contributed by atoms with Crippen LogP contribution in [0.4, 0.5) is 0 Å². The largest absolute Gasteiger partial charge is 0.479 e. The fourth-order valence-electron chi connectivity index (χ4n) is 8.67. The van der Waals surface area contributed by atoms with Gasteiger partial charge in [-0.1, -0.05) is 213 Å². The second kappa shape index (κ2) is 55.6. The van der Waals surface area contributed by atoms with Crippen molar-refractivity contribution in [1.29, 1.82) is 0 Å². The van der Waals surface area contributed by atoms with Crippen molar-refractivity contribution in [2.24, 2.45) is 0 Å². The molecule has 1 saturated heterocycles. The normalized spacial score (nSPS) is 18.6. The highest BCUT2D eigenvalue weighted by atomic mass is 16.7. The number of hydrogen-bond donors (Lipinski definition) is 3. The number of aliphatic carboxylic acids is 1. The van der Waals surface area contributed by atoms with E-state index in [9.17, 15) is 34.5 Å². The predicted molar refractivity (Wildman–Crippen MR) is 330 cm³/mol. The van der Waals surface area contributed by atoms with Gasteiger partial charge in [0, 0.05) is 19.3 Å². The van der Waals surface area contributed by atoms with E-state index in [1.807, 2.05) is 0 Å². The lowest BCUT2D eigenvalue weighted by Gasteiger charge is -2.40. The van der Waals surface area contributed by atoms with Gasteiger partial charge in [-0.2, -0.15) is 0 Å². The van der Waals surface area contributed by atoms with Crippen molar-refractivity contribution >= 4 is 23.9 Å². The fraction of sp³-hybridized carbons (Fsp3) is 0.652. The van der Waals surface area contributed by atoms with Gasteiger partial charge in [0.2, 0.25) is 0 Å². The van der Waals surface area contributed by atoms with E-state index in [4.69, 9.17) is 23.7 Å². The van der Waals surface area contributed by atoms with Crippen LogP contribution in [0.2, 0.25) is 0 Å². The van der Waals surface area contributed by atoms with E-state index >= 15 is 0 Å². The van der Waals surface area contributed by atoms with Crippen LogP contribution in [-0.2, 0) is 42.9 Å². The Morgan fingerprint density at radius 2 is 0.802 bits per heavy atom. The number of hydrogen-bond acceptors (Lipinski definition) is 11. The average Bonchev–Trinajstić information content (AvgIpc) is 3.45. The molecule has 1 heterocycles. The summed E-state index contributed by atoms with van der Waals surface area (Å²) in [6.45, 7) is 5.74. The van der Waals surface area contributed by atoms with Crippen LogP contribution in [0.15, 0.2) is 122 Å². The Hall–Kier alpha value is -4.88. The van der Waals surface area contributed by atoms with Crippen molar-refractivity contribution in [2.45, 2.75) is 276 Å². The Morgan fingerprint density at radius 3 is 1.25 bits per heavy atom. The summed E-state index contributed by atoms with van der Waals surface area (Å²) < 4.78 is 28.4. The van der Waals surface area contributed by atoms with Crippen LogP contribution in [0, 0.1) is 0 Å². The molecule has 6 unspecified atom stereocenters.